The van der Waals surface area contributed by atoms with Crippen molar-refractivity contribution < 1.29 is 17.9 Å². The summed E-state index contributed by atoms with van der Waals surface area (Å²) in [6.45, 7) is 2.27. The van der Waals surface area contributed by atoms with Crippen molar-refractivity contribution in [2.45, 2.75) is 17.7 Å². The van der Waals surface area contributed by atoms with E-state index in [4.69, 9.17) is 14.7 Å². The molecule has 1 fully saturated rings. The zero-order valence-corrected chi connectivity index (χ0v) is 12.6. The Morgan fingerprint density at radius 2 is 2.10 bits per heavy atom. The van der Waals surface area contributed by atoms with Gasteiger partial charge < -0.3 is 9.47 Å². The number of benzene rings is 1. The maximum absolute atomic E-state index is 12.1. The van der Waals surface area contributed by atoms with Crippen LogP contribution >= 0.6 is 0 Å². The summed E-state index contributed by atoms with van der Waals surface area (Å²) in [5, 5.41) is 8.81. The van der Waals surface area contributed by atoms with Crippen molar-refractivity contribution in [2.75, 3.05) is 32.2 Å². The van der Waals surface area contributed by atoms with Gasteiger partial charge in [0, 0.05) is 19.8 Å². The molecule has 0 spiro atoms. The van der Waals surface area contributed by atoms with Crippen molar-refractivity contribution in [2.24, 2.45) is 5.92 Å². The minimum atomic E-state index is -3.40. The number of sulfone groups is 1. The van der Waals surface area contributed by atoms with E-state index >= 15 is 0 Å². The molecule has 5 nitrogen and oxygen atoms in total. The molecular formula is C15H19NO4S. The van der Waals surface area contributed by atoms with E-state index in [0.29, 0.717) is 18.1 Å². The number of nitriles is 1. The first kappa shape index (κ1) is 16.0. The number of hydrogen-bond acceptors (Lipinski definition) is 5. The molecule has 1 saturated heterocycles. The van der Waals surface area contributed by atoms with Gasteiger partial charge in [-0.1, -0.05) is 6.07 Å². The normalized spacial score (nSPS) is 16.5. The highest BCUT2D eigenvalue weighted by Gasteiger charge is 2.17. The Kier molecular flexibility index (Phi) is 5.74. The molecule has 1 aromatic carbocycles. The average molecular weight is 309 g/mol. The zero-order valence-electron chi connectivity index (χ0n) is 11.8. The Labute approximate surface area is 125 Å². The Morgan fingerprint density at radius 1 is 1.33 bits per heavy atom. The maximum atomic E-state index is 12.1. The topological polar surface area (TPSA) is 76.4 Å². The van der Waals surface area contributed by atoms with Gasteiger partial charge in [0.15, 0.2) is 9.84 Å². The van der Waals surface area contributed by atoms with Gasteiger partial charge in [-0.25, -0.2) is 8.42 Å². The second kappa shape index (κ2) is 7.55. The highest BCUT2D eigenvalue weighted by Crippen LogP contribution is 2.16. The van der Waals surface area contributed by atoms with E-state index in [9.17, 15) is 8.42 Å². The first-order valence-corrected chi connectivity index (χ1v) is 8.65. The monoisotopic (exact) mass is 309 g/mol. The summed E-state index contributed by atoms with van der Waals surface area (Å²) >= 11 is 0. The molecule has 0 atom stereocenters. The van der Waals surface area contributed by atoms with E-state index in [1.54, 1.807) is 12.1 Å². The molecule has 0 radical (unpaired) electrons. The van der Waals surface area contributed by atoms with Crippen LogP contribution in [0.15, 0.2) is 29.2 Å². The number of ether oxygens (including phenoxy) is 2. The van der Waals surface area contributed by atoms with E-state index in [2.05, 4.69) is 0 Å². The standard InChI is InChI=1S/C15H19NO4S/c16-11-14-2-1-3-15(10-14)21(17,18)9-8-20-12-13-4-6-19-7-5-13/h1-3,10,13H,4-9,12H2. The lowest BCUT2D eigenvalue weighted by molar-refractivity contribution is 0.0242. The van der Waals surface area contributed by atoms with Gasteiger partial charge in [0.05, 0.1) is 28.9 Å². The molecule has 1 aliphatic rings. The van der Waals surface area contributed by atoms with Gasteiger partial charge in [0.25, 0.3) is 0 Å². The van der Waals surface area contributed by atoms with Crippen LogP contribution in [0.2, 0.25) is 0 Å². The second-order valence-electron chi connectivity index (χ2n) is 5.09. The van der Waals surface area contributed by atoms with Crippen LogP contribution in [-0.2, 0) is 19.3 Å². The zero-order chi connectivity index (χ0) is 15.1. The van der Waals surface area contributed by atoms with Crippen molar-refractivity contribution in [1.82, 2.24) is 0 Å². The Balaban J connectivity index is 1.82. The summed E-state index contributed by atoms with van der Waals surface area (Å²) in [5.41, 5.74) is 0.346. The molecule has 1 heterocycles. The lowest BCUT2D eigenvalue weighted by atomic mass is 10.0. The third-order valence-electron chi connectivity index (χ3n) is 3.51. The largest absolute Gasteiger partial charge is 0.381 e. The van der Waals surface area contributed by atoms with Gasteiger partial charge in [0.2, 0.25) is 0 Å². The summed E-state index contributed by atoms with van der Waals surface area (Å²) < 4.78 is 35.0. The SMILES string of the molecule is N#Cc1cccc(S(=O)(=O)CCOCC2CCOCC2)c1. The predicted octanol–water partition coefficient (Wildman–Crippen LogP) is 1.78. The molecule has 0 unspecified atom stereocenters. The fraction of sp³-hybridized carbons (Fsp3) is 0.533. The van der Waals surface area contributed by atoms with Crippen molar-refractivity contribution in [1.29, 1.82) is 5.26 Å². The maximum Gasteiger partial charge on any atom is 0.180 e. The predicted molar refractivity (Wildman–Crippen MR) is 77.6 cm³/mol. The minimum absolute atomic E-state index is 0.0644. The third-order valence-corrected chi connectivity index (χ3v) is 5.19. The van der Waals surface area contributed by atoms with Gasteiger partial charge in [-0.3, -0.25) is 0 Å². The molecule has 6 heteroatoms. The fourth-order valence-corrected chi connectivity index (χ4v) is 3.37. The molecular weight excluding hydrogens is 290 g/mol. The van der Waals surface area contributed by atoms with Crippen molar-refractivity contribution in [3.63, 3.8) is 0 Å². The van der Waals surface area contributed by atoms with Crippen LogP contribution in [0, 0.1) is 17.2 Å². The van der Waals surface area contributed by atoms with Gasteiger partial charge in [-0.15, -0.1) is 0 Å². The van der Waals surface area contributed by atoms with E-state index in [-0.39, 0.29) is 17.3 Å². The summed E-state index contributed by atoms with van der Waals surface area (Å²) in [7, 11) is -3.40. The van der Waals surface area contributed by atoms with Crippen LogP contribution in [0.5, 0.6) is 0 Å². The van der Waals surface area contributed by atoms with Gasteiger partial charge in [-0.05, 0) is 37.0 Å². The van der Waals surface area contributed by atoms with E-state index in [1.807, 2.05) is 6.07 Å². The molecule has 0 N–H and O–H groups in total. The Bertz CT molecular complexity index is 600. The first-order valence-electron chi connectivity index (χ1n) is 7.00. The van der Waals surface area contributed by atoms with Crippen LogP contribution < -0.4 is 0 Å². The molecule has 21 heavy (non-hydrogen) atoms. The molecule has 0 amide bonds. The molecule has 0 saturated carbocycles. The molecule has 2 rings (SSSR count). The number of nitrogens with zero attached hydrogens (tertiary/aromatic N) is 1. The lowest BCUT2D eigenvalue weighted by Gasteiger charge is -2.21. The molecule has 114 valence electrons. The summed E-state index contributed by atoms with van der Waals surface area (Å²) in [6, 6.07) is 8.01. The van der Waals surface area contributed by atoms with E-state index < -0.39 is 9.84 Å². The lowest BCUT2D eigenvalue weighted by Crippen LogP contribution is -2.22. The fourth-order valence-electron chi connectivity index (χ4n) is 2.21. The second-order valence-corrected chi connectivity index (χ2v) is 7.20. The highest BCUT2D eigenvalue weighted by atomic mass is 32.2. The smallest absolute Gasteiger partial charge is 0.180 e. The van der Waals surface area contributed by atoms with Crippen LogP contribution in [0.4, 0.5) is 0 Å². The summed E-state index contributed by atoms with van der Waals surface area (Å²) in [5.74, 6) is 0.397. The molecule has 0 aliphatic carbocycles. The van der Waals surface area contributed by atoms with E-state index in [0.717, 1.165) is 26.1 Å². The highest BCUT2D eigenvalue weighted by molar-refractivity contribution is 7.91. The average Bonchev–Trinajstić information content (AvgIpc) is 2.53. The minimum Gasteiger partial charge on any atom is -0.381 e. The molecule has 0 aromatic heterocycles. The molecule has 0 bridgehead atoms. The number of rotatable bonds is 6. The van der Waals surface area contributed by atoms with Crippen LogP contribution in [-0.4, -0.2) is 40.6 Å². The van der Waals surface area contributed by atoms with Gasteiger partial charge in [0.1, 0.15) is 0 Å². The summed E-state index contributed by atoms with van der Waals surface area (Å²) in [6.07, 6.45) is 1.94. The van der Waals surface area contributed by atoms with Crippen molar-refractivity contribution in [3.8, 4) is 6.07 Å². The first-order chi connectivity index (χ1) is 10.1. The van der Waals surface area contributed by atoms with Crippen LogP contribution in [0.25, 0.3) is 0 Å². The van der Waals surface area contributed by atoms with Crippen LogP contribution in [0.1, 0.15) is 18.4 Å². The Hall–Kier alpha value is -1.42. The van der Waals surface area contributed by atoms with Crippen molar-refractivity contribution in [3.05, 3.63) is 29.8 Å². The summed E-state index contributed by atoms with van der Waals surface area (Å²) in [4.78, 5) is 0.177. The molecule has 1 aromatic rings. The van der Waals surface area contributed by atoms with Gasteiger partial charge in [-0.2, -0.15) is 5.26 Å². The number of hydrogen-bond donors (Lipinski definition) is 0. The van der Waals surface area contributed by atoms with Gasteiger partial charge >= 0.3 is 0 Å². The quantitative estimate of drug-likeness (QED) is 0.749. The van der Waals surface area contributed by atoms with Crippen LogP contribution in [0.3, 0.4) is 0 Å². The third kappa shape index (κ3) is 4.81. The Morgan fingerprint density at radius 3 is 2.81 bits per heavy atom. The van der Waals surface area contributed by atoms with E-state index in [1.165, 1.54) is 12.1 Å². The van der Waals surface area contributed by atoms with Crippen molar-refractivity contribution >= 4 is 9.84 Å². The molecule has 1 aliphatic heterocycles.